The molecule has 16 heavy (non-hydrogen) atoms. The first-order chi connectivity index (χ1) is 7.61. The number of unbranched alkanes of at least 4 members (excludes halogenated alkanes) is 1. The molecule has 2 nitrogen and oxygen atoms in total. The molecular weight excluding hydrogens is 229 g/mol. The lowest BCUT2D eigenvalue weighted by Gasteiger charge is -2.14. The Kier molecular flexibility index (Phi) is 5.03. The molecule has 1 aromatic rings. The van der Waals surface area contributed by atoms with Crippen molar-refractivity contribution in [3.8, 4) is 5.75 Å². The van der Waals surface area contributed by atoms with Gasteiger partial charge in [0.05, 0.1) is 12.1 Å². The van der Waals surface area contributed by atoms with Gasteiger partial charge >= 0.3 is 0 Å². The molecule has 0 saturated carbocycles. The van der Waals surface area contributed by atoms with Crippen LogP contribution in [0.5, 0.6) is 5.75 Å². The molecule has 0 aliphatic rings. The zero-order valence-corrected chi connectivity index (χ0v) is 10.4. The van der Waals surface area contributed by atoms with Crippen molar-refractivity contribution < 1.29 is 9.13 Å². The predicted octanol–water partition coefficient (Wildman–Crippen LogP) is 3.08. The lowest BCUT2D eigenvalue weighted by molar-refractivity contribution is 0.407. The maximum absolute atomic E-state index is 13.5. The Hall–Kier alpha value is -0.800. The van der Waals surface area contributed by atoms with Crippen molar-refractivity contribution >= 4 is 11.6 Å². The van der Waals surface area contributed by atoms with Crippen LogP contribution in [0.4, 0.5) is 4.39 Å². The smallest absolute Gasteiger partial charge is 0.141 e. The van der Waals surface area contributed by atoms with Gasteiger partial charge in [0.2, 0.25) is 0 Å². The van der Waals surface area contributed by atoms with E-state index in [0.29, 0.717) is 22.9 Å². The van der Waals surface area contributed by atoms with Crippen molar-refractivity contribution in [3.05, 3.63) is 28.0 Å². The maximum Gasteiger partial charge on any atom is 0.141 e. The van der Waals surface area contributed by atoms with Crippen molar-refractivity contribution in [1.82, 2.24) is 0 Å². The van der Waals surface area contributed by atoms with Crippen molar-refractivity contribution in [1.29, 1.82) is 0 Å². The Morgan fingerprint density at radius 2 is 2.12 bits per heavy atom. The third kappa shape index (κ3) is 2.86. The van der Waals surface area contributed by atoms with E-state index < -0.39 is 0 Å². The number of rotatable bonds is 5. The van der Waals surface area contributed by atoms with Gasteiger partial charge in [-0.2, -0.15) is 0 Å². The van der Waals surface area contributed by atoms with Crippen LogP contribution in [0.1, 0.15) is 24.0 Å². The molecule has 0 aromatic heterocycles. The summed E-state index contributed by atoms with van der Waals surface area (Å²) in [6.45, 7) is 2.39. The first-order valence-electron chi connectivity index (χ1n) is 5.33. The second kappa shape index (κ2) is 6.06. The van der Waals surface area contributed by atoms with Gasteiger partial charge in [0.25, 0.3) is 0 Å². The van der Waals surface area contributed by atoms with E-state index in [0.717, 1.165) is 24.8 Å². The SMILES string of the molecule is COc1c(Cl)cc(F)c(C)c1CCCCN. The summed E-state index contributed by atoms with van der Waals surface area (Å²) in [5.41, 5.74) is 6.89. The summed E-state index contributed by atoms with van der Waals surface area (Å²) in [5, 5.41) is 0.327. The Morgan fingerprint density at radius 1 is 1.44 bits per heavy atom. The Morgan fingerprint density at radius 3 is 2.69 bits per heavy atom. The molecule has 4 heteroatoms. The summed E-state index contributed by atoms with van der Waals surface area (Å²) >= 11 is 5.93. The third-order valence-corrected chi connectivity index (χ3v) is 2.92. The number of hydrogen-bond acceptors (Lipinski definition) is 2. The number of ether oxygens (including phenoxy) is 1. The van der Waals surface area contributed by atoms with Crippen LogP contribution in [0.2, 0.25) is 5.02 Å². The molecule has 0 aliphatic heterocycles. The molecule has 0 unspecified atom stereocenters. The van der Waals surface area contributed by atoms with Gasteiger partial charge in [0.15, 0.2) is 0 Å². The summed E-state index contributed by atoms with van der Waals surface area (Å²) in [6, 6.07) is 1.29. The summed E-state index contributed by atoms with van der Waals surface area (Å²) in [5.74, 6) is 0.297. The van der Waals surface area contributed by atoms with Crippen LogP contribution in [0.25, 0.3) is 0 Å². The zero-order valence-electron chi connectivity index (χ0n) is 9.65. The average Bonchev–Trinajstić information content (AvgIpc) is 2.25. The van der Waals surface area contributed by atoms with E-state index in [1.54, 1.807) is 14.0 Å². The molecule has 2 N–H and O–H groups in total. The van der Waals surface area contributed by atoms with E-state index in [4.69, 9.17) is 22.1 Å². The van der Waals surface area contributed by atoms with E-state index in [-0.39, 0.29) is 5.82 Å². The molecule has 1 rings (SSSR count). The van der Waals surface area contributed by atoms with E-state index in [2.05, 4.69) is 0 Å². The van der Waals surface area contributed by atoms with Crippen molar-refractivity contribution in [2.75, 3.05) is 13.7 Å². The fourth-order valence-corrected chi connectivity index (χ4v) is 2.00. The molecule has 90 valence electrons. The van der Waals surface area contributed by atoms with Gasteiger partial charge in [-0.05, 0) is 44.4 Å². The second-order valence-electron chi connectivity index (χ2n) is 3.72. The highest BCUT2D eigenvalue weighted by Crippen LogP contribution is 2.33. The van der Waals surface area contributed by atoms with Crippen LogP contribution in [0.15, 0.2) is 6.07 Å². The first kappa shape index (κ1) is 13.3. The molecule has 0 bridgehead atoms. The van der Waals surface area contributed by atoms with Gasteiger partial charge in [-0.15, -0.1) is 0 Å². The van der Waals surface area contributed by atoms with Gasteiger partial charge in [0.1, 0.15) is 11.6 Å². The lowest BCUT2D eigenvalue weighted by atomic mass is 10.0. The summed E-state index contributed by atoms with van der Waals surface area (Å²) in [6.07, 6.45) is 2.56. The van der Waals surface area contributed by atoms with Crippen LogP contribution in [0, 0.1) is 12.7 Å². The summed E-state index contributed by atoms with van der Waals surface area (Å²) in [7, 11) is 1.55. The Balaban J connectivity index is 3.02. The molecule has 0 saturated heterocycles. The van der Waals surface area contributed by atoms with Crippen molar-refractivity contribution in [2.24, 2.45) is 5.73 Å². The highest BCUT2D eigenvalue weighted by atomic mass is 35.5. The Bertz CT molecular complexity index is 369. The largest absolute Gasteiger partial charge is 0.495 e. The minimum Gasteiger partial charge on any atom is -0.495 e. The van der Waals surface area contributed by atoms with E-state index in [9.17, 15) is 4.39 Å². The monoisotopic (exact) mass is 245 g/mol. The van der Waals surface area contributed by atoms with Crippen LogP contribution in [0.3, 0.4) is 0 Å². The zero-order chi connectivity index (χ0) is 12.1. The van der Waals surface area contributed by atoms with Crippen LogP contribution in [-0.2, 0) is 6.42 Å². The number of benzene rings is 1. The molecule has 0 heterocycles. The average molecular weight is 246 g/mol. The highest BCUT2D eigenvalue weighted by molar-refractivity contribution is 6.32. The lowest BCUT2D eigenvalue weighted by Crippen LogP contribution is -2.02. The third-order valence-electron chi connectivity index (χ3n) is 2.64. The highest BCUT2D eigenvalue weighted by Gasteiger charge is 2.14. The summed E-state index contributed by atoms with van der Waals surface area (Å²) < 4.78 is 18.7. The van der Waals surface area contributed by atoms with Gasteiger partial charge in [-0.25, -0.2) is 4.39 Å². The van der Waals surface area contributed by atoms with Crippen LogP contribution < -0.4 is 10.5 Å². The van der Waals surface area contributed by atoms with Gasteiger partial charge in [0, 0.05) is 5.56 Å². The molecule has 0 radical (unpaired) electrons. The summed E-state index contributed by atoms with van der Waals surface area (Å²) in [4.78, 5) is 0. The molecule has 0 spiro atoms. The minimum atomic E-state index is -0.284. The molecular formula is C12H17ClFNO. The number of halogens is 2. The van der Waals surface area contributed by atoms with E-state index >= 15 is 0 Å². The van der Waals surface area contributed by atoms with Crippen LogP contribution in [-0.4, -0.2) is 13.7 Å². The van der Waals surface area contributed by atoms with Crippen LogP contribution >= 0.6 is 11.6 Å². The quantitative estimate of drug-likeness (QED) is 0.810. The standard InChI is InChI=1S/C12H17ClFNO/c1-8-9(5-3-4-6-15)12(16-2)10(13)7-11(8)14/h7H,3-6,15H2,1-2H3. The van der Waals surface area contributed by atoms with Crippen molar-refractivity contribution in [2.45, 2.75) is 26.2 Å². The predicted molar refractivity (Wildman–Crippen MR) is 64.7 cm³/mol. The van der Waals surface area contributed by atoms with Gasteiger partial charge < -0.3 is 10.5 Å². The first-order valence-corrected chi connectivity index (χ1v) is 5.71. The fourth-order valence-electron chi connectivity index (χ4n) is 1.71. The van der Waals surface area contributed by atoms with E-state index in [1.807, 2.05) is 0 Å². The molecule has 0 fully saturated rings. The van der Waals surface area contributed by atoms with Gasteiger partial charge in [-0.3, -0.25) is 0 Å². The second-order valence-corrected chi connectivity index (χ2v) is 4.13. The normalized spacial score (nSPS) is 10.6. The number of hydrogen-bond donors (Lipinski definition) is 1. The van der Waals surface area contributed by atoms with Crippen molar-refractivity contribution in [3.63, 3.8) is 0 Å². The number of nitrogens with two attached hydrogens (primary N) is 1. The topological polar surface area (TPSA) is 35.2 Å². The fraction of sp³-hybridized carbons (Fsp3) is 0.500. The Labute approximate surface area is 101 Å². The minimum absolute atomic E-state index is 0.284. The van der Waals surface area contributed by atoms with E-state index in [1.165, 1.54) is 6.07 Å². The molecule has 0 aliphatic carbocycles. The molecule has 1 aromatic carbocycles. The van der Waals surface area contributed by atoms with Gasteiger partial charge in [-0.1, -0.05) is 11.6 Å². The molecule has 0 amide bonds. The number of methoxy groups -OCH3 is 1. The maximum atomic E-state index is 13.5. The molecule has 0 atom stereocenters.